The van der Waals surface area contributed by atoms with E-state index in [-0.39, 0.29) is 6.10 Å². The molecule has 0 spiro atoms. The molecule has 1 unspecified atom stereocenters. The first-order chi connectivity index (χ1) is 7.58. The van der Waals surface area contributed by atoms with Crippen molar-refractivity contribution in [3.05, 3.63) is 28.8 Å². The van der Waals surface area contributed by atoms with E-state index in [2.05, 4.69) is 39.8 Å². The van der Waals surface area contributed by atoms with E-state index in [1.54, 1.807) is 0 Å². The van der Waals surface area contributed by atoms with E-state index in [0.29, 0.717) is 6.54 Å². The zero-order chi connectivity index (χ0) is 12.1. The Kier molecular flexibility index (Phi) is 4.81. The van der Waals surface area contributed by atoms with Crippen LogP contribution in [0.1, 0.15) is 36.5 Å². The van der Waals surface area contributed by atoms with Gasteiger partial charge in [-0.05, 0) is 49.9 Å². The second kappa shape index (κ2) is 5.90. The van der Waals surface area contributed by atoms with Crippen molar-refractivity contribution in [2.45, 2.75) is 46.6 Å². The van der Waals surface area contributed by atoms with E-state index in [9.17, 15) is 0 Å². The largest absolute Gasteiger partial charge is 0.489 e. The average molecular weight is 221 g/mol. The zero-order valence-corrected chi connectivity index (χ0v) is 10.8. The van der Waals surface area contributed by atoms with Crippen LogP contribution >= 0.6 is 0 Å². The summed E-state index contributed by atoms with van der Waals surface area (Å²) < 4.78 is 5.97. The van der Waals surface area contributed by atoms with Gasteiger partial charge in [0.15, 0.2) is 0 Å². The minimum atomic E-state index is 0.143. The molecule has 2 nitrogen and oxygen atoms in total. The number of rotatable bonds is 5. The Hall–Kier alpha value is -1.02. The van der Waals surface area contributed by atoms with Crippen molar-refractivity contribution in [1.82, 2.24) is 0 Å². The number of benzene rings is 1. The molecule has 0 aliphatic heterocycles. The summed E-state index contributed by atoms with van der Waals surface area (Å²) in [7, 11) is 0. The lowest BCUT2D eigenvalue weighted by atomic mass is 10.1. The third-order valence-electron chi connectivity index (χ3n) is 2.93. The van der Waals surface area contributed by atoms with Gasteiger partial charge in [-0.25, -0.2) is 0 Å². The van der Waals surface area contributed by atoms with E-state index in [1.807, 2.05) is 0 Å². The maximum Gasteiger partial charge on any atom is 0.123 e. The van der Waals surface area contributed by atoms with Crippen LogP contribution in [0.3, 0.4) is 0 Å². The molecule has 2 N–H and O–H groups in total. The smallest absolute Gasteiger partial charge is 0.123 e. The fourth-order valence-electron chi connectivity index (χ4n) is 1.85. The van der Waals surface area contributed by atoms with Crippen LogP contribution in [-0.4, -0.2) is 12.6 Å². The zero-order valence-electron chi connectivity index (χ0n) is 10.8. The number of ether oxygens (including phenoxy) is 1. The lowest BCUT2D eigenvalue weighted by Gasteiger charge is -2.19. The van der Waals surface area contributed by atoms with Crippen molar-refractivity contribution in [3.63, 3.8) is 0 Å². The highest BCUT2D eigenvalue weighted by molar-refractivity contribution is 5.42. The SMILES string of the molecule is CCCC(CN)Oc1cc(C)cc(C)c1C. The molecule has 1 atom stereocenters. The summed E-state index contributed by atoms with van der Waals surface area (Å²) in [5, 5.41) is 0. The third kappa shape index (κ3) is 3.24. The minimum absolute atomic E-state index is 0.143. The van der Waals surface area contributed by atoms with E-state index in [4.69, 9.17) is 10.5 Å². The van der Waals surface area contributed by atoms with Gasteiger partial charge in [0.25, 0.3) is 0 Å². The molecule has 1 rings (SSSR count). The van der Waals surface area contributed by atoms with Crippen molar-refractivity contribution in [2.75, 3.05) is 6.54 Å². The average Bonchev–Trinajstić information content (AvgIpc) is 2.24. The quantitative estimate of drug-likeness (QED) is 0.829. The van der Waals surface area contributed by atoms with E-state index >= 15 is 0 Å². The van der Waals surface area contributed by atoms with Gasteiger partial charge in [-0.2, -0.15) is 0 Å². The molecule has 0 heterocycles. The Bertz CT molecular complexity index is 347. The molecule has 0 fully saturated rings. The maximum atomic E-state index is 5.97. The Morgan fingerprint density at radius 2 is 1.94 bits per heavy atom. The van der Waals surface area contributed by atoms with Crippen LogP contribution in [0, 0.1) is 20.8 Å². The fourth-order valence-corrected chi connectivity index (χ4v) is 1.85. The molecular weight excluding hydrogens is 198 g/mol. The van der Waals surface area contributed by atoms with Gasteiger partial charge in [-0.1, -0.05) is 19.4 Å². The summed E-state index contributed by atoms with van der Waals surface area (Å²) >= 11 is 0. The second-order valence-electron chi connectivity index (χ2n) is 4.47. The van der Waals surface area contributed by atoms with E-state index in [1.165, 1.54) is 16.7 Å². The van der Waals surface area contributed by atoms with Gasteiger partial charge >= 0.3 is 0 Å². The summed E-state index contributed by atoms with van der Waals surface area (Å²) in [6, 6.07) is 4.28. The van der Waals surface area contributed by atoms with Gasteiger partial charge in [0.2, 0.25) is 0 Å². The van der Waals surface area contributed by atoms with Crippen LogP contribution in [0.25, 0.3) is 0 Å². The summed E-state index contributed by atoms with van der Waals surface area (Å²) in [6.07, 6.45) is 2.26. The molecule has 0 aromatic heterocycles. The molecule has 2 heteroatoms. The topological polar surface area (TPSA) is 35.2 Å². The predicted octanol–water partition coefficient (Wildman–Crippen LogP) is 3.12. The molecular formula is C14H23NO. The molecule has 1 aromatic carbocycles. The molecule has 90 valence electrons. The molecule has 0 aliphatic rings. The molecule has 0 bridgehead atoms. The monoisotopic (exact) mass is 221 g/mol. The summed E-state index contributed by atoms with van der Waals surface area (Å²) in [6.45, 7) is 9.05. The van der Waals surface area contributed by atoms with Gasteiger partial charge < -0.3 is 10.5 Å². The van der Waals surface area contributed by atoms with Gasteiger partial charge in [-0.15, -0.1) is 0 Å². The van der Waals surface area contributed by atoms with Crippen molar-refractivity contribution >= 4 is 0 Å². The van der Waals surface area contributed by atoms with Crippen molar-refractivity contribution in [3.8, 4) is 5.75 Å². The van der Waals surface area contributed by atoms with Crippen LogP contribution in [-0.2, 0) is 0 Å². The highest BCUT2D eigenvalue weighted by Gasteiger charge is 2.10. The van der Waals surface area contributed by atoms with Crippen molar-refractivity contribution < 1.29 is 4.74 Å². The predicted molar refractivity (Wildman–Crippen MR) is 69.0 cm³/mol. The van der Waals surface area contributed by atoms with Crippen LogP contribution in [0.4, 0.5) is 0 Å². The first-order valence-corrected chi connectivity index (χ1v) is 6.03. The van der Waals surface area contributed by atoms with Crippen LogP contribution in [0.15, 0.2) is 12.1 Å². The van der Waals surface area contributed by atoms with Gasteiger partial charge in [-0.3, -0.25) is 0 Å². The Morgan fingerprint density at radius 3 is 2.50 bits per heavy atom. The first-order valence-electron chi connectivity index (χ1n) is 6.03. The Balaban J connectivity index is 2.87. The standard InChI is InChI=1S/C14H23NO/c1-5-6-13(9-15)16-14-8-10(2)7-11(3)12(14)4/h7-8,13H,5-6,9,15H2,1-4H3. The number of hydrogen-bond donors (Lipinski definition) is 1. The second-order valence-corrected chi connectivity index (χ2v) is 4.47. The molecule has 16 heavy (non-hydrogen) atoms. The fraction of sp³-hybridized carbons (Fsp3) is 0.571. The third-order valence-corrected chi connectivity index (χ3v) is 2.93. The van der Waals surface area contributed by atoms with Crippen molar-refractivity contribution in [2.24, 2.45) is 5.73 Å². The number of aryl methyl sites for hydroxylation is 2. The van der Waals surface area contributed by atoms with E-state index in [0.717, 1.165) is 18.6 Å². The van der Waals surface area contributed by atoms with Crippen LogP contribution in [0.2, 0.25) is 0 Å². The molecule has 0 aliphatic carbocycles. The molecule has 0 radical (unpaired) electrons. The summed E-state index contributed by atoms with van der Waals surface area (Å²) in [5.74, 6) is 0.987. The highest BCUT2D eigenvalue weighted by Crippen LogP contribution is 2.24. The number of hydrogen-bond acceptors (Lipinski definition) is 2. The first kappa shape index (κ1) is 13.0. The van der Waals surface area contributed by atoms with Crippen molar-refractivity contribution in [1.29, 1.82) is 0 Å². The minimum Gasteiger partial charge on any atom is -0.489 e. The van der Waals surface area contributed by atoms with Gasteiger partial charge in [0.05, 0.1) is 0 Å². The Morgan fingerprint density at radius 1 is 1.25 bits per heavy atom. The summed E-state index contributed by atoms with van der Waals surface area (Å²) in [4.78, 5) is 0. The maximum absolute atomic E-state index is 5.97. The highest BCUT2D eigenvalue weighted by atomic mass is 16.5. The van der Waals surface area contributed by atoms with E-state index < -0.39 is 0 Å². The van der Waals surface area contributed by atoms with Gasteiger partial charge in [0.1, 0.15) is 11.9 Å². The Labute approximate surface area is 98.8 Å². The number of nitrogens with two attached hydrogens (primary N) is 1. The lowest BCUT2D eigenvalue weighted by molar-refractivity contribution is 0.196. The molecule has 0 saturated carbocycles. The van der Waals surface area contributed by atoms with Crippen LogP contribution < -0.4 is 10.5 Å². The normalized spacial score (nSPS) is 12.6. The molecule has 0 saturated heterocycles. The van der Waals surface area contributed by atoms with Gasteiger partial charge in [0, 0.05) is 6.54 Å². The molecule has 1 aromatic rings. The molecule has 0 amide bonds. The van der Waals surface area contributed by atoms with Crippen LogP contribution in [0.5, 0.6) is 5.75 Å². The lowest BCUT2D eigenvalue weighted by Crippen LogP contribution is -2.26. The summed E-state index contributed by atoms with van der Waals surface area (Å²) in [5.41, 5.74) is 9.45.